The molecule has 0 spiro atoms. The van der Waals surface area contributed by atoms with E-state index in [1.54, 1.807) is 0 Å². The van der Waals surface area contributed by atoms with Crippen molar-refractivity contribution < 1.29 is 14.4 Å². The predicted octanol–water partition coefficient (Wildman–Crippen LogP) is 3.47. The third-order valence-corrected chi connectivity index (χ3v) is 6.94. The van der Waals surface area contributed by atoms with Gasteiger partial charge in [-0.3, -0.25) is 9.38 Å². The summed E-state index contributed by atoms with van der Waals surface area (Å²) in [6.45, 7) is 1.87. The minimum atomic E-state index is 0.887. The second-order valence-corrected chi connectivity index (χ2v) is 10.3. The van der Waals surface area contributed by atoms with Crippen LogP contribution in [0.5, 0.6) is 0 Å². The van der Waals surface area contributed by atoms with E-state index in [0.717, 1.165) is 17.8 Å². The maximum Gasteiger partial charge on any atom is 0.277 e. The van der Waals surface area contributed by atoms with Gasteiger partial charge >= 0.3 is 0 Å². The molecular formula is C23H29N4S2+3. The highest BCUT2D eigenvalue weighted by atomic mass is 32.2. The molecule has 1 aliphatic heterocycles. The summed E-state index contributed by atoms with van der Waals surface area (Å²) in [6, 6.07) is 17.3. The Bertz CT molecular complexity index is 1080. The third kappa shape index (κ3) is 4.41. The van der Waals surface area contributed by atoms with Crippen LogP contribution in [-0.2, 0) is 6.67 Å². The molecule has 2 aromatic carbocycles. The Balaban J connectivity index is 1.66. The lowest BCUT2D eigenvalue weighted by Crippen LogP contribution is -2.83. The molecule has 1 aromatic heterocycles. The number of quaternary nitrogens is 2. The number of nitrogens with two attached hydrogens (primary N) is 1. The molecule has 4 rings (SSSR count). The highest BCUT2D eigenvalue weighted by Gasteiger charge is 2.26. The Morgan fingerprint density at radius 3 is 2.62 bits per heavy atom. The van der Waals surface area contributed by atoms with E-state index in [1.165, 1.54) is 30.8 Å². The van der Waals surface area contributed by atoms with Crippen LogP contribution in [0.3, 0.4) is 0 Å². The van der Waals surface area contributed by atoms with Crippen LogP contribution >= 0.6 is 23.1 Å². The van der Waals surface area contributed by atoms with Crippen molar-refractivity contribution in [2.75, 3.05) is 39.8 Å². The number of rotatable bonds is 6. The SMILES string of the molecule is C[NH2+]CN1/C(=C/C=C/c2sc3ccccc3[n+]2C[N+](C)(C)C)Sc2ccccc21. The Labute approximate surface area is 181 Å². The summed E-state index contributed by atoms with van der Waals surface area (Å²) >= 11 is 3.70. The topological polar surface area (TPSA) is 23.7 Å². The highest BCUT2D eigenvalue weighted by molar-refractivity contribution is 8.03. The molecule has 0 atom stereocenters. The summed E-state index contributed by atoms with van der Waals surface area (Å²) in [5.41, 5.74) is 2.61. The number of allylic oxidation sites excluding steroid dienone is 2. The Kier molecular flexibility index (Phi) is 5.79. The molecule has 2 N–H and O–H groups in total. The first-order chi connectivity index (χ1) is 14.0. The molecule has 150 valence electrons. The molecule has 0 aliphatic carbocycles. The monoisotopic (exact) mass is 425 g/mol. The summed E-state index contributed by atoms with van der Waals surface area (Å²) < 4.78 is 4.65. The summed E-state index contributed by atoms with van der Waals surface area (Å²) in [7, 11) is 8.82. The van der Waals surface area contributed by atoms with E-state index in [4.69, 9.17) is 0 Å². The average molecular weight is 426 g/mol. The number of anilines is 1. The first-order valence-corrected chi connectivity index (χ1v) is 11.5. The molecule has 0 saturated carbocycles. The summed E-state index contributed by atoms with van der Waals surface area (Å²) in [4.78, 5) is 3.71. The average Bonchev–Trinajstić information content (AvgIpc) is 3.20. The van der Waals surface area contributed by atoms with Gasteiger partial charge in [0.05, 0.1) is 38.9 Å². The van der Waals surface area contributed by atoms with Crippen LogP contribution in [0.1, 0.15) is 5.01 Å². The number of benzene rings is 2. The van der Waals surface area contributed by atoms with Gasteiger partial charge in [0.1, 0.15) is 4.70 Å². The molecule has 0 unspecified atom stereocenters. The number of nitrogens with zero attached hydrogens (tertiary/aromatic N) is 3. The molecule has 1 aliphatic rings. The zero-order valence-corrected chi connectivity index (χ0v) is 19.1. The number of hydrogen-bond donors (Lipinski definition) is 1. The lowest BCUT2D eigenvalue weighted by Gasteiger charge is -2.19. The van der Waals surface area contributed by atoms with Crippen molar-refractivity contribution in [2.24, 2.45) is 0 Å². The number of thiazole rings is 1. The zero-order valence-electron chi connectivity index (χ0n) is 17.5. The van der Waals surface area contributed by atoms with E-state index in [2.05, 4.69) is 110 Å². The lowest BCUT2D eigenvalue weighted by atomic mass is 10.3. The fraction of sp³-hybridized carbons (Fsp3) is 0.261. The Morgan fingerprint density at radius 1 is 1.07 bits per heavy atom. The predicted molar refractivity (Wildman–Crippen MR) is 125 cm³/mol. The molecule has 0 bridgehead atoms. The fourth-order valence-electron chi connectivity index (χ4n) is 3.51. The number of para-hydroxylation sites is 2. The van der Waals surface area contributed by atoms with Crippen LogP contribution < -0.4 is 14.8 Å². The second kappa shape index (κ2) is 8.32. The van der Waals surface area contributed by atoms with Gasteiger partial charge in [-0.05, 0) is 24.3 Å². The number of thioether (sulfide) groups is 1. The number of aromatic nitrogens is 1. The van der Waals surface area contributed by atoms with Gasteiger partial charge in [0.2, 0.25) is 5.52 Å². The van der Waals surface area contributed by atoms with Crippen molar-refractivity contribution in [3.05, 3.63) is 70.7 Å². The third-order valence-electron chi connectivity index (χ3n) is 4.68. The van der Waals surface area contributed by atoms with Gasteiger partial charge in [0, 0.05) is 17.0 Å². The largest absolute Gasteiger partial charge is 0.331 e. The normalized spacial score (nSPS) is 15.7. The van der Waals surface area contributed by atoms with Gasteiger partial charge in [-0.2, -0.15) is 0 Å². The van der Waals surface area contributed by atoms with Crippen LogP contribution in [0, 0.1) is 0 Å². The van der Waals surface area contributed by atoms with E-state index < -0.39 is 0 Å². The summed E-state index contributed by atoms with van der Waals surface area (Å²) in [5.74, 6) is 0. The minimum Gasteiger partial charge on any atom is -0.331 e. The maximum atomic E-state index is 2.43. The van der Waals surface area contributed by atoms with Crippen LogP contribution in [0.2, 0.25) is 0 Å². The van der Waals surface area contributed by atoms with Crippen molar-refractivity contribution in [1.82, 2.24) is 0 Å². The molecule has 0 fully saturated rings. The van der Waals surface area contributed by atoms with Gasteiger partial charge in [-0.1, -0.05) is 53.4 Å². The van der Waals surface area contributed by atoms with Gasteiger partial charge in [0.15, 0.2) is 6.67 Å². The van der Waals surface area contributed by atoms with Crippen molar-refractivity contribution in [3.8, 4) is 0 Å². The molecule has 0 saturated heterocycles. The van der Waals surface area contributed by atoms with Crippen molar-refractivity contribution in [3.63, 3.8) is 0 Å². The van der Waals surface area contributed by atoms with E-state index in [1.807, 2.05) is 23.1 Å². The summed E-state index contributed by atoms with van der Waals surface area (Å²) in [5, 5.41) is 4.77. The second-order valence-electron chi connectivity index (χ2n) is 8.22. The van der Waals surface area contributed by atoms with Gasteiger partial charge < -0.3 is 5.32 Å². The van der Waals surface area contributed by atoms with Crippen LogP contribution in [0.4, 0.5) is 5.69 Å². The fourth-order valence-corrected chi connectivity index (χ4v) is 5.66. The molecule has 4 nitrogen and oxygen atoms in total. The molecular weight excluding hydrogens is 396 g/mol. The number of fused-ring (bicyclic) bond motifs is 2. The molecule has 3 aromatic rings. The van der Waals surface area contributed by atoms with Crippen molar-refractivity contribution in [2.45, 2.75) is 11.6 Å². The molecule has 29 heavy (non-hydrogen) atoms. The summed E-state index contributed by atoms with van der Waals surface area (Å²) in [6.07, 6.45) is 6.70. The number of hydrogen-bond acceptors (Lipinski definition) is 3. The van der Waals surface area contributed by atoms with Crippen molar-refractivity contribution in [1.29, 1.82) is 0 Å². The van der Waals surface area contributed by atoms with Gasteiger partial charge in [-0.15, -0.1) is 4.57 Å². The quantitative estimate of drug-likeness (QED) is 0.483. The van der Waals surface area contributed by atoms with Gasteiger partial charge in [-0.25, -0.2) is 0 Å². The molecule has 0 radical (unpaired) electrons. The van der Waals surface area contributed by atoms with Crippen LogP contribution in [0.15, 0.2) is 70.6 Å². The zero-order chi connectivity index (χ0) is 20.4. The molecule has 2 heterocycles. The highest BCUT2D eigenvalue weighted by Crippen LogP contribution is 2.45. The van der Waals surface area contributed by atoms with E-state index >= 15 is 0 Å². The smallest absolute Gasteiger partial charge is 0.277 e. The lowest BCUT2D eigenvalue weighted by molar-refractivity contribution is -1.01. The van der Waals surface area contributed by atoms with E-state index in [9.17, 15) is 0 Å². The Morgan fingerprint density at radius 2 is 1.83 bits per heavy atom. The van der Waals surface area contributed by atoms with Crippen LogP contribution in [-0.4, -0.2) is 39.3 Å². The standard InChI is InChI=1S/C23H28N4S2/c1-24-16-25-18-10-5-7-12-20(18)28-22(25)14-9-15-23-26(17-27(2,3)4)19-11-6-8-13-21(19)29-23/h5-15,24H,16-17H2,1-4H3/q+2/p+1. The van der Waals surface area contributed by atoms with Crippen LogP contribution in [0.25, 0.3) is 16.3 Å². The Hall–Kier alpha value is -2.12. The minimum absolute atomic E-state index is 0.887. The maximum absolute atomic E-state index is 2.43. The van der Waals surface area contributed by atoms with E-state index in [-0.39, 0.29) is 0 Å². The van der Waals surface area contributed by atoms with E-state index in [0.29, 0.717) is 0 Å². The molecule has 0 amide bonds. The van der Waals surface area contributed by atoms with Gasteiger partial charge in [0.25, 0.3) is 11.7 Å². The molecule has 6 heteroatoms. The first-order valence-electron chi connectivity index (χ1n) is 9.89. The first kappa shape index (κ1) is 20.2. The van der Waals surface area contributed by atoms with Crippen molar-refractivity contribution >= 4 is 45.1 Å².